The van der Waals surface area contributed by atoms with Gasteiger partial charge in [0.05, 0.1) is 12.1 Å². The summed E-state index contributed by atoms with van der Waals surface area (Å²) in [7, 11) is 0. The Morgan fingerprint density at radius 1 is 1.00 bits per heavy atom. The van der Waals surface area contributed by atoms with Gasteiger partial charge in [-0.2, -0.15) is 0 Å². The van der Waals surface area contributed by atoms with Gasteiger partial charge in [-0.15, -0.1) is 0 Å². The maximum Gasteiger partial charge on any atom is 0.264 e. The van der Waals surface area contributed by atoms with Crippen LogP contribution in [-0.4, -0.2) is 23.3 Å². The summed E-state index contributed by atoms with van der Waals surface area (Å²) >= 11 is 3.45. The van der Waals surface area contributed by atoms with E-state index in [1.165, 1.54) is 0 Å². The summed E-state index contributed by atoms with van der Waals surface area (Å²) in [6.45, 7) is 6.20. The molecule has 0 aliphatic carbocycles. The molecule has 0 fully saturated rings. The number of hydrogen-bond donors (Lipinski definition) is 1. The molecule has 3 aromatic rings. The Morgan fingerprint density at radius 2 is 1.66 bits per heavy atom. The number of carbonyl (C=O) groups is 2. The lowest BCUT2D eigenvalue weighted by molar-refractivity contribution is -0.135. The minimum Gasteiger partial charge on any atom is -0.375 e. The topological polar surface area (TPSA) is 57.6 Å². The first-order chi connectivity index (χ1) is 15.2. The number of nitrogens with zero attached hydrogens (tertiary/aromatic N) is 1. The fraction of sp³-hybridized carbons (Fsp3) is 0.259. The minimum atomic E-state index is -1.89. The van der Waals surface area contributed by atoms with Crippen molar-refractivity contribution in [3.8, 4) is 0 Å². The number of aryl methyl sites for hydroxylation is 3. The van der Waals surface area contributed by atoms with Crippen molar-refractivity contribution in [2.45, 2.75) is 39.2 Å². The molecule has 5 heteroatoms. The SMILES string of the molecule is Cc1cc(C)c(C(=O)CC2(O)C(=O)N(CCc3ccccc3)c3ccc(Br)cc32)c(C)c1. The number of hydrogen-bond acceptors (Lipinski definition) is 3. The van der Waals surface area contributed by atoms with Crippen molar-refractivity contribution < 1.29 is 14.7 Å². The first-order valence-corrected chi connectivity index (χ1v) is 11.5. The van der Waals surface area contributed by atoms with Gasteiger partial charge in [-0.1, -0.05) is 64.0 Å². The molecule has 1 aliphatic heterocycles. The molecule has 32 heavy (non-hydrogen) atoms. The summed E-state index contributed by atoms with van der Waals surface area (Å²) in [6, 6.07) is 19.3. The number of anilines is 1. The number of rotatable bonds is 6. The zero-order valence-electron chi connectivity index (χ0n) is 18.5. The predicted octanol–water partition coefficient (Wildman–Crippen LogP) is 5.42. The molecule has 1 aliphatic rings. The molecule has 0 radical (unpaired) electrons. The van der Waals surface area contributed by atoms with Crippen LogP contribution in [-0.2, 0) is 16.8 Å². The molecule has 1 heterocycles. The van der Waals surface area contributed by atoms with Crippen molar-refractivity contribution in [1.82, 2.24) is 0 Å². The summed E-state index contributed by atoms with van der Waals surface area (Å²) in [5.41, 5.74) is 3.72. The van der Waals surface area contributed by atoms with Crippen molar-refractivity contribution in [1.29, 1.82) is 0 Å². The summed E-state index contributed by atoms with van der Waals surface area (Å²) in [6.07, 6.45) is 0.365. The average Bonchev–Trinajstić information content (AvgIpc) is 2.93. The van der Waals surface area contributed by atoms with Gasteiger partial charge in [0.2, 0.25) is 0 Å². The summed E-state index contributed by atoms with van der Waals surface area (Å²) in [5.74, 6) is -0.677. The number of benzene rings is 3. The number of halogens is 1. The van der Waals surface area contributed by atoms with E-state index in [9.17, 15) is 14.7 Å². The van der Waals surface area contributed by atoms with E-state index in [1.807, 2.05) is 75.4 Å². The van der Waals surface area contributed by atoms with Crippen LogP contribution in [0.15, 0.2) is 65.1 Å². The van der Waals surface area contributed by atoms with Gasteiger partial charge in [0.15, 0.2) is 11.4 Å². The molecule has 0 saturated heterocycles. The third kappa shape index (κ3) is 4.03. The predicted molar refractivity (Wildman–Crippen MR) is 130 cm³/mol. The monoisotopic (exact) mass is 491 g/mol. The van der Waals surface area contributed by atoms with Gasteiger partial charge in [-0.05, 0) is 62.1 Å². The maximum absolute atomic E-state index is 13.5. The van der Waals surface area contributed by atoms with Gasteiger partial charge in [-0.3, -0.25) is 9.59 Å². The molecular formula is C27H26BrNO3. The standard InChI is InChI=1S/C27H26BrNO3/c1-17-13-18(2)25(19(3)14-17)24(30)16-27(32)22-15-21(28)9-10-23(22)29(26(27)31)12-11-20-7-5-4-6-8-20/h4-10,13-15,32H,11-12,16H2,1-3H3. The lowest BCUT2D eigenvalue weighted by Gasteiger charge is -2.23. The highest BCUT2D eigenvalue weighted by Crippen LogP contribution is 2.44. The maximum atomic E-state index is 13.5. The van der Waals surface area contributed by atoms with Crippen LogP contribution in [0, 0.1) is 20.8 Å². The van der Waals surface area contributed by atoms with E-state index in [0.717, 1.165) is 26.7 Å². The summed E-state index contributed by atoms with van der Waals surface area (Å²) < 4.78 is 0.752. The molecule has 0 saturated carbocycles. The molecule has 0 aromatic heterocycles. The second-order valence-electron chi connectivity index (χ2n) is 8.59. The first-order valence-electron chi connectivity index (χ1n) is 10.7. The fourth-order valence-corrected chi connectivity index (χ4v) is 5.10. The molecule has 3 aromatic carbocycles. The Hall–Kier alpha value is -2.76. The van der Waals surface area contributed by atoms with Gasteiger partial charge < -0.3 is 10.0 Å². The molecular weight excluding hydrogens is 466 g/mol. The van der Waals surface area contributed by atoms with Crippen LogP contribution in [0.3, 0.4) is 0 Å². The van der Waals surface area contributed by atoms with Crippen molar-refractivity contribution in [2.24, 2.45) is 0 Å². The third-order valence-corrected chi connectivity index (χ3v) is 6.63. The molecule has 1 atom stereocenters. The number of fused-ring (bicyclic) bond motifs is 1. The second kappa shape index (κ2) is 8.64. The number of carbonyl (C=O) groups excluding carboxylic acids is 2. The number of Topliss-reactive ketones (excluding diaryl/α,β-unsaturated/α-hetero) is 1. The number of ketones is 1. The highest BCUT2D eigenvalue weighted by Gasteiger charge is 2.51. The molecule has 4 nitrogen and oxygen atoms in total. The number of amides is 1. The highest BCUT2D eigenvalue weighted by molar-refractivity contribution is 9.10. The molecule has 0 spiro atoms. The molecule has 1 N–H and O–H groups in total. The van der Waals surface area contributed by atoms with E-state index >= 15 is 0 Å². The van der Waals surface area contributed by atoms with Gasteiger partial charge in [0.1, 0.15) is 0 Å². The normalized spacial score (nSPS) is 17.5. The van der Waals surface area contributed by atoms with Crippen LogP contribution in [0.1, 0.15) is 44.6 Å². The van der Waals surface area contributed by atoms with Crippen LogP contribution < -0.4 is 4.90 Å². The second-order valence-corrected chi connectivity index (χ2v) is 9.50. The van der Waals surface area contributed by atoms with Crippen molar-refractivity contribution >= 4 is 33.3 Å². The Morgan fingerprint density at radius 3 is 2.31 bits per heavy atom. The minimum absolute atomic E-state index is 0.230. The van der Waals surface area contributed by atoms with Crippen LogP contribution in [0.4, 0.5) is 5.69 Å². The third-order valence-electron chi connectivity index (χ3n) is 6.13. The fourth-order valence-electron chi connectivity index (χ4n) is 4.74. The lowest BCUT2D eigenvalue weighted by Crippen LogP contribution is -2.42. The van der Waals surface area contributed by atoms with E-state index in [1.54, 1.807) is 11.0 Å². The average molecular weight is 492 g/mol. The van der Waals surface area contributed by atoms with Gasteiger partial charge in [0.25, 0.3) is 5.91 Å². The quantitative estimate of drug-likeness (QED) is 0.468. The first kappa shape index (κ1) is 22.4. The smallest absolute Gasteiger partial charge is 0.264 e. The largest absolute Gasteiger partial charge is 0.375 e. The van der Waals surface area contributed by atoms with Crippen LogP contribution in [0.2, 0.25) is 0 Å². The van der Waals surface area contributed by atoms with Gasteiger partial charge in [0, 0.05) is 22.1 Å². The summed E-state index contributed by atoms with van der Waals surface area (Å²) in [4.78, 5) is 28.5. The zero-order valence-corrected chi connectivity index (χ0v) is 20.1. The lowest BCUT2D eigenvalue weighted by atomic mass is 9.85. The highest BCUT2D eigenvalue weighted by atomic mass is 79.9. The Kier molecular flexibility index (Phi) is 6.06. The molecule has 1 unspecified atom stereocenters. The van der Waals surface area contributed by atoms with Crippen molar-refractivity contribution in [3.05, 3.63) is 98.5 Å². The van der Waals surface area contributed by atoms with Crippen molar-refractivity contribution in [3.63, 3.8) is 0 Å². The molecule has 1 amide bonds. The van der Waals surface area contributed by atoms with Crippen LogP contribution >= 0.6 is 15.9 Å². The van der Waals surface area contributed by atoms with Crippen LogP contribution in [0.5, 0.6) is 0 Å². The Bertz CT molecular complexity index is 1180. The van der Waals surface area contributed by atoms with E-state index in [0.29, 0.717) is 29.8 Å². The van der Waals surface area contributed by atoms with E-state index in [4.69, 9.17) is 0 Å². The Balaban J connectivity index is 1.68. The van der Waals surface area contributed by atoms with Crippen LogP contribution in [0.25, 0.3) is 0 Å². The summed E-state index contributed by atoms with van der Waals surface area (Å²) in [5, 5.41) is 11.6. The van der Waals surface area contributed by atoms with Gasteiger partial charge >= 0.3 is 0 Å². The van der Waals surface area contributed by atoms with Gasteiger partial charge in [-0.25, -0.2) is 0 Å². The zero-order chi connectivity index (χ0) is 23.0. The molecule has 164 valence electrons. The van der Waals surface area contributed by atoms with Crippen molar-refractivity contribution in [2.75, 3.05) is 11.4 Å². The molecule has 0 bridgehead atoms. The van der Waals surface area contributed by atoms with E-state index in [2.05, 4.69) is 15.9 Å². The van der Waals surface area contributed by atoms with E-state index in [-0.39, 0.29) is 12.2 Å². The van der Waals surface area contributed by atoms with E-state index < -0.39 is 11.5 Å². The number of aliphatic hydroxyl groups is 1. The Labute approximate surface area is 197 Å². The molecule has 4 rings (SSSR count).